The molecular weight excluding hydrogens is 455 g/mol. The highest BCUT2D eigenvalue weighted by molar-refractivity contribution is 6.42. The first kappa shape index (κ1) is 23.1. The van der Waals surface area contributed by atoms with Crippen molar-refractivity contribution in [2.75, 3.05) is 26.2 Å². The van der Waals surface area contributed by atoms with E-state index in [0.717, 1.165) is 44.7 Å². The van der Waals surface area contributed by atoms with E-state index in [9.17, 15) is 4.79 Å². The molecule has 2 aliphatic heterocycles. The molecular formula is C26H32Cl2N4O. The van der Waals surface area contributed by atoms with Gasteiger partial charge in [-0.1, -0.05) is 41.8 Å². The van der Waals surface area contributed by atoms with Crippen LogP contribution in [0.1, 0.15) is 43.2 Å². The number of likely N-dealkylation sites (tertiary alicyclic amines) is 1. The molecule has 5 rings (SSSR count). The van der Waals surface area contributed by atoms with Crippen molar-refractivity contribution < 1.29 is 4.79 Å². The Morgan fingerprint density at radius 3 is 2.52 bits per heavy atom. The van der Waals surface area contributed by atoms with Crippen molar-refractivity contribution in [3.8, 4) is 0 Å². The number of aromatic nitrogens is 1. The summed E-state index contributed by atoms with van der Waals surface area (Å²) in [4.78, 5) is 25.4. The second kappa shape index (κ2) is 10.3. The van der Waals surface area contributed by atoms with Gasteiger partial charge in [-0.2, -0.15) is 0 Å². The molecule has 3 atom stereocenters. The first-order valence-electron chi connectivity index (χ1n) is 12.2. The Balaban J connectivity index is 1.39. The molecule has 176 valence electrons. The number of halogens is 2. The second-order valence-electron chi connectivity index (χ2n) is 9.64. The average Bonchev–Trinajstić information content (AvgIpc) is 3.37. The highest BCUT2D eigenvalue weighted by Crippen LogP contribution is 2.36. The third-order valence-corrected chi connectivity index (χ3v) is 8.36. The maximum atomic E-state index is 13.6. The molecule has 3 aliphatic rings. The monoisotopic (exact) mass is 486 g/mol. The van der Waals surface area contributed by atoms with Crippen molar-refractivity contribution in [1.82, 2.24) is 19.7 Å². The van der Waals surface area contributed by atoms with E-state index in [0.29, 0.717) is 28.5 Å². The molecule has 1 aliphatic carbocycles. The minimum absolute atomic E-state index is 0.204. The van der Waals surface area contributed by atoms with Crippen molar-refractivity contribution in [2.45, 2.75) is 63.2 Å². The maximum Gasteiger partial charge on any atom is 0.227 e. The molecule has 1 saturated carbocycles. The fraction of sp³-hybridized carbons (Fsp3) is 0.538. The topological polar surface area (TPSA) is 39.7 Å². The summed E-state index contributed by atoms with van der Waals surface area (Å²) in [6.45, 7) is 4.88. The van der Waals surface area contributed by atoms with Crippen molar-refractivity contribution in [1.29, 1.82) is 0 Å². The summed E-state index contributed by atoms with van der Waals surface area (Å²) in [6.07, 6.45) is 10.3. The lowest BCUT2D eigenvalue weighted by Gasteiger charge is -2.54. The molecule has 3 fully saturated rings. The molecule has 1 aromatic carbocycles. The van der Waals surface area contributed by atoms with Crippen LogP contribution >= 0.6 is 23.2 Å². The predicted molar refractivity (Wildman–Crippen MR) is 133 cm³/mol. The van der Waals surface area contributed by atoms with Crippen LogP contribution in [0.3, 0.4) is 0 Å². The van der Waals surface area contributed by atoms with E-state index in [2.05, 4.69) is 25.8 Å². The number of carbonyl (C=O) groups is 1. The van der Waals surface area contributed by atoms with E-state index in [-0.39, 0.29) is 11.9 Å². The van der Waals surface area contributed by atoms with Gasteiger partial charge in [-0.05, 0) is 68.1 Å². The van der Waals surface area contributed by atoms with Gasteiger partial charge in [0.05, 0.1) is 22.5 Å². The van der Waals surface area contributed by atoms with E-state index in [1.807, 2.05) is 30.6 Å². The van der Waals surface area contributed by atoms with Crippen LogP contribution in [0.5, 0.6) is 0 Å². The normalized spacial score (nSPS) is 26.4. The van der Waals surface area contributed by atoms with Crippen LogP contribution in [0, 0.1) is 0 Å². The van der Waals surface area contributed by atoms with Crippen LogP contribution in [-0.4, -0.2) is 69.9 Å². The number of piperazine rings is 1. The molecule has 33 heavy (non-hydrogen) atoms. The summed E-state index contributed by atoms with van der Waals surface area (Å²) < 4.78 is 0. The summed E-state index contributed by atoms with van der Waals surface area (Å²) in [7, 11) is 0. The van der Waals surface area contributed by atoms with Gasteiger partial charge in [-0.3, -0.25) is 19.6 Å². The largest absolute Gasteiger partial charge is 0.335 e. The molecule has 1 aromatic heterocycles. The van der Waals surface area contributed by atoms with Gasteiger partial charge in [0.15, 0.2) is 0 Å². The molecule has 0 N–H and O–H groups in total. The predicted octanol–water partition coefficient (Wildman–Crippen LogP) is 4.66. The highest BCUT2D eigenvalue weighted by Gasteiger charge is 2.46. The second-order valence-corrected chi connectivity index (χ2v) is 10.5. The van der Waals surface area contributed by atoms with E-state index >= 15 is 0 Å². The lowest BCUT2D eigenvalue weighted by molar-refractivity contribution is -0.143. The summed E-state index contributed by atoms with van der Waals surface area (Å²) in [5.74, 6) is 0.204. The number of rotatable bonds is 5. The van der Waals surface area contributed by atoms with Crippen molar-refractivity contribution in [3.05, 3.63) is 63.9 Å². The smallest absolute Gasteiger partial charge is 0.227 e. The molecule has 0 unspecified atom stereocenters. The minimum Gasteiger partial charge on any atom is -0.335 e. The van der Waals surface area contributed by atoms with Crippen LogP contribution in [-0.2, 0) is 17.8 Å². The lowest BCUT2D eigenvalue weighted by Crippen LogP contribution is -2.68. The summed E-state index contributed by atoms with van der Waals surface area (Å²) in [5, 5.41) is 1.03. The van der Waals surface area contributed by atoms with Crippen LogP contribution in [0.15, 0.2) is 42.7 Å². The Morgan fingerprint density at radius 1 is 0.939 bits per heavy atom. The molecule has 0 spiro atoms. The molecule has 0 bridgehead atoms. The van der Waals surface area contributed by atoms with Crippen LogP contribution < -0.4 is 0 Å². The summed E-state index contributed by atoms with van der Waals surface area (Å²) >= 11 is 12.3. The zero-order valence-corrected chi connectivity index (χ0v) is 20.5. The number of hydrogen-bond donors (Lipinski definition) is 0. The standard InChI is InChI=1S/C26H32Cl2N4O/c27-21-9-8-19(15-22(21)28)16-25(33)32-14-13-31(18-20-5-4-10-29-17-20)24-7-3-6-23(26(24)32)30-11-1-2-12-30/h4-5,8-10,15,17,23-24,26H,1-3,6-7,11-14,16,18H2/t23-,24+,26-/m1/s1. The van der Waals surface area contributed by atoms with E-state index in [1.165, 1.54) is 31.2 Å². The fourth-order valence-corrected chi connectivity index (χ4v) is 6.43. The number of benzene rings is 1. The summed E-state index contributed by atoms with van der Waals surface area (Å²) in [5.41, 5.74) is 2.17. The van der Waals surface area contributed by atoms with E-state index in [1.54, 1.807) is 6.07 Å². The number of fused-ring (bicyclic) bond motifs is 1. The lowest BCUT2D eigenvalue weighted by atomic mass is 9.81. The molecule has 0 radical (unpaired) electrons. The van der Waals surface area contributed by atoms with Crippen molar-refractivity contribution in [2.24, 2.45) is 0 Å². The number of carbonyl (C=O) groups excluding carboxylic acids is 1. The van der Waals surface area contributed by atoms with Gasteiger partial charge in [-0.25, -0.2) is 0 Å². The quantitative estimate of drug-likeness (QED) is 0.615. The van der Waals surface area contributed by atoms with Crippen molar-refractivity contribution in [3.63, 3.8) is 0 Å². The molecule has 1 amide bonds. The number of nitrogens with zero attached hydrogens (tertiary/aromatic N) is 4. The molecule has 2 saturated heterocycles. The van der Waals surface area contributed by atoms with Gasteiger partial charge >= 0.3 is 0 Å². The van der Waals surface area contributed by atoms with E-state index < -0.39 is 0 Å². The van der Waals surface area contributed by atoms with E-state index in [4.69, 9.17) is 23.2 Å². The third kappa shape index (κ3) is 5.07. The molecule has 7 heteroatoms. The zero-order chi connectivity index (χ0) is 22.8. The third-order valence-electron chi connectivity index (χ3n) is 7.62. The van der Waals surface area contributed by atoms with Gasteiger partial charge in [0.25, 0.3) is 0 Å². The van der Waals surface area contributed by atoms with Gasteiger partial charge in [0.2, 0.25) is 5.91 Å². The van der Waals surface area contributed by atoms with Crippen LogP contribution in [0.25, 0.3) is 0 Å². The van der Waals surface area contributed by atoms with Crippen LogP contribution in [0.4, 0.5) is 0 Å². The zero-order valence-electron chi connectivity index (χ0n) is 19.0. The molecule has 5 nitrogen and oxygen atoms in total. The first-order chi connectivity index (χ1) is 16.1. The Kier molecular flexibility index (Phi) is 7.21. The number of pyridine rings is 1. The van der Waals surface area contributed by atoms with Gasteiger partial charge < -0.3 is 4.90 Å². The van der Waals surface area contributed by atoms with Gasteiger partial charge in [0, 0.05) is 44.1 Å². The number of amides is 1. The minimum atomic E-state index is 0.204. The fourth-order valence-electron chi connectivity index (χ4n) is 6.11. The Labute approximate surface area is 206 Å². The first-order valence-corrected chi connectivity index (χ1v) is 13.0. The SMILES string of the molecule is O=C(Cc1ccc(Cl)c(Cl)c1)N1CCN(Cc2cccnc2)[C@H]2CCC[C@@H](N3CCCC3)[C@H]21. The van der Waals surface area contributed by atoms with Gasteiger partial charge in [-0.15, -0.1) is 0 Å². The maximum absolute atomic E-state index is 13.6. The van der Waals surface area contributed by atoms with Crippen molar-refractivity contribution >= 4 is 29.1 Å². The summed E-state index contributed by atoms with van der Waals surface area (Å²) in [6, 6.07) is 10.8. The highest BCUT2D eigenvalue weighted by atomic mass is 35.5. The molecule has 2 aromatic rings. The Bertz CT molecular complexity index is 966. The van der Waals surface area contributed by atoms with Gasteiger partial charge in [0.1, 0.15) is 0 Å². The molecule has 3 heterocycles. The Morgan fingerprint density at radius 2 is 1.76 bits per heavy atom. The average molecular weight is 487 g/mol. The van der Waals surface area contributed by atoms with Crippen LogP contribution in [0.2, 0.25) is 10.0 Å². The Hall–Kier alpha value is -1.66. The number of hydrogen-bond acceptors (Lipinski definition) is 4.